The molecule has 2 N–H and O–H groups in total. The number of nitrogens with one attached hydrogen (secondary N) is 2. The number of aromatic amines is 1. The molecule has 0 fully saturated rings. The molecule has 7 nitrogen and oxygen atoms in total. The average Bonchev–Trinajstić information content (AvgIpc) is 2.95. The number of hydrogen-bond donors (Lipinski definition) is 2. The monoisotopic (exact) mass is 236 g/mol. The largest absolute Gasteiger partial charge is 0.465 e. The van der Waals surface area contributed by atoms with Crippen LogP contribution < -0.4 is 10.1 Å². The van der Waals surface area contributed by atoms with Crippen LogP contribution in [0.25, 0.3) is 0 Å². The van der Waals surface area contributed by atoms with E-state index in [1.807, 2.05) is 0 Å². The van der Waals surface area contributed by atoms with Gasteiger partial charge in [-0.2, -0.15) is 5.10 Å². The van der Waals surface area contributed by atoms with E-state index in [9.17, 15) is 4.79 Å². The number of hydrogen-bond acceptors (Lipinski definition) is 5. The fraction of sp³-hybridized carbons (Fsp3) is 0.300. The summed E-state index contributed by atoms with van der Waals surface area (Å²) in [6, 6.07) is 3.39. The molecular weight excluding hydrogens is 224 g/mol. The van der Waals surface area contributed by atoms with Gasteiger partial charge in [-0.25, -0.2) is 0 Å². The summed E-state index contributed by atoms with van der Waals surface area (Å²) in [6.45, 7) is 2.04. The highest BCUT2D eigenvalue weighted by molar-refractivity contribution is 5.77. The normalized spacial score (nSPS) is 10.2. The second-order valence-electron chi connectivity index (χ2n) is 3.42. The van der Waals surface area contributed by atoms with Crippen LogP contribution >= 0.6 is 0 Å². The van der Waals surface area contributed by atoms with Gasteiger partial charge in [0.15, 0.2) is 6.61 Å². The van der Waals surface area contributed by atoms with Crippen LogP contribution in [0, 0.1) is 6.92 Å². The van der Waals surface area contributed by atoms with Gasteiger partial charge in [0.05, 0.1) is 12.2 Å². The van der Waals surface area contributed by atoms with Crippen LogP contribution in [0.4, 0.5) is 0 Å². The first kappa shape index (κ1) is 11.2. The van der Waals surface area contributed by atoms with Crippen molar-refractivity contribution in [3.8, 4) is 5.88 Å². The van der Waals surface area contributed by atoms with Gasteiger partial charge in [-0.3, -0.25) is 9.89 Å². The summed E-state index contributed by atoms with van der Waals surface area (Å²) >= 11 is 0. The van der Waals surface area contributed by atoms with E-state index < -0.39 is 0 Å². The number of nitrogens with zero attached hydrogens (tertiary/aromatic N) is 2. The first-order valence-corrected chi connectivity index (χ1v) is 5.05. The lowest BCUT2D eigenvalue weighted by Gasteiger charge is -2.03. The Morgan fingerprint density at radius 2 is 2.53 bits per heavy atom. The Kier molecular flexibility index (Phi) is 3.39. The van der Waals surface area contributed by atoms with E-state index in [0.29, 0.717) is 18.2 Å². The second kappa shape index (κ2) is 5.15. The SMILES string of the molecule is Cc1cc(OCC(=O)NCc2ccn[nH]2)no1. The molecule has 1 amide bonds. The van der Waals surface area contributed by atoms with Crippen molar-refractivity contribution in [3.05, 3.63) is 29.8 Å². The van der Waals surface area contributed by atoms with Crippen LogP contribution in [0.5, 0.6) is 5.88 Å². The summed E-state index contributed by atoms with van der Waals surface area (Å²) in [5.41, 5.74) is 0.829. The molecule has 0 spiro atoms. The van der Waals surface area contributed by atoms with Crippen LogP contribution in [-0.2, 0) is 11.3 Å². The molecule has 0 aromatic carbocycles. The molecule has 2 aromatic heterocycles. The number of ether oxygens (including phenoxy) is 1. The molecule has 2 aromatic rings. The van der Waals surface area contributed by atoms with E-state index in [2.05, 4.69) is 20.7 Å². The molecule has 90 valence electrons. The predicted octanol–water partition coefficient (Wildman–Crippen LogP) is 0.401. The van der Waals surface area contributed by atoms with Gasteiger partial charge >= 0.3 is 0 Å². The minimum absolute atomic E-state index is 0.0971. The molecule has 0 aliphatic carbocycles. The minimum atomic E-state index is -0.236. The van der Waals surface area contributed by atoms with Crippen molar-refractivity contribution in [1.29, 1.82) is 0 Å². The number of amides is 1. The van der Waals surface area contributed by atoms with Gasteiger partial charge in [-0.05, 0) is 18.1 Å². The minimum Gasteiger partial charge on any atom is -0.465 e. The summed E-state index contributed by atoms with van der Waals surface area (Å²) in [5, 5.41) is 12.8. The van der Waals surface area contributed by atoms with E-state index in [-0.39, 0.29) is 12.5 Å². The Hall–Kier alpha value is -2.31. The third-order valence-electron chi connectivity index (χ3n) is 1.99. The van der Waals surface area contributed by atoms with Crippen molar-refractivity contribution in [2.24, 2.45) is 0 Å². The summed E-state index contributed by atoms with van der Waals surface area (Å²) < 4.78 is 9.91. The third kappa shape index (κ3) is 3.33. The van der Waals surface area contributed by atoms with E-state index >= 15 is 0 Å². The van der Waals surface area contributed by atoms with Crippen molar-refractivity contribution in [2.75, 3.05) is 6.61 Å². The lowest BCUT2D eigenvalue weighted by molar-refractivity contribution is -0.123. The highest BCUT2D eigenvalue weighted by atomic mass is 16.5. The zero-order valence-electron chi connectivity index (χ0n) is 9.27. The number of carbonyl (C=O) groups is 1. The number of rotatable bonds is 5. The molecule has 7 heteroatoms. The van der Waals surface area contributed by atoms with E-state index in [4.69, 9.17) is 9.26 Å². The molecule has 17 heavy (non-hydrogen) atoms. The van der Waals surface area contributed by atoms with Crippen molar-refractivity contribution >= 4 is 5.91 Å². The Labute approximate surface area is 97.1 Å². The maximum absolute atomic E-state index is 11.4. The Balaban J connectivity index is 1.71. The van der Waals surface area contributed by atoms with E-state index in [0.717, 1.165) is 5.69 Å². The lowest BCUT2D eigenvalue weighted by atomic mass is 10.4. The zero-order valence-corrected chi connectivity index (χ0v) is 9.27. The van der Waals surface area contributed by atoms with Crippen molar-refractivity contribution in [2.45, 2.75) is 13.5 Å². The molecule has 0 radical (unpaired) electrons. The van der Waals surface area contributed by atoms with Crippen molar-refractivity contribution < 1.29 is 14.1 Å². The molecule has 0 aliphatic rings. The molecule has 0 aliphatic heterocycles. The molecule has 2 heterocycles. The molecule has 0 unspecified atom stereocenters. The fourth-order valence-corrected chi connectivity index (χ4v) is 1.18. The Bertz CT molecular complexity index is 477. The Morgan fingerprint density at radius 3 is 3.18 bits per heavy atom. The smallest absolute Gasteiger partial charge is 0.258 e. The Morgan fingerprint density at radius 1 is 1.65 bits per heavy atom. The first-order chi connectivity index (χ1) is 8.24. The van der Waals surface area contributed by atoms with Crippen molar-refractivity contribution in [1.82, 2.24) is 20.7 Å². The summed E-state index contributed by atoms with van der Waals surface area (Å²) in [6.07, 6.45) is 1.62. The summed E-state index contributed by atoms with van der Waals surface area (Å²) in [7, 11) is 0. The third-order valence-corrected chi connectivity index (χ3v) is 1.99. The molecule has 2 rings (SSSR count). The second-order valence-corrected chi connectivity index (χ2v) is 3.42. The lowest BCUT2D eigenvalue weighted by Crippen LogP contribution is -2.28. The average molecular weight is 236 g/mol. The van der Waals surface area contributed by atoms with Crippen LogP contribution in [-0.4, -0.2) is 27.9 Å². The maximum atomic E-state index is 11.4. The topological polar surface area (TPSA) is 93.0 Å². The summed E-state index contributed by atoms with van der Waals surface area (Å²) in [4.78, 5) is 11.4. The summed E-state index contributed by atoms with van der Waals surface area (Å²) in [5.74, 6) is 0.706. The van der Waals surface area contributed by atoms with Crippen LogP contribution in [0.1, 0.15) is 11.5 Å². The molecule has 0 atom stereocenters. The number of carbonyl (C=O) groups excluding carboxylic acids is 1. The quantitative estimate of drug-likeness (QED) is 0.783. The van der Waals surface area contributed by atoms with Gasteiger partial charge in [-0.1, -0.05) is 0 Å². The van der Waals surface area contributed by atoms with E-state index in [1.165, 1.54) is 0 Å². The molecule has 0 bridgehead atoms. The van der Waals surface area contributed by atoms with Gasteiger partial charge in [-0.15, -0.1) is 0 Å². The van der Waals surface area contributed by atoms with Crippen LogP contribution in [0.3, 0.4) is 0 Å². The van der Waals surface area contributed by atoms with Gasteiger partial charge in [0, 0.05) is 12.3 Å². The van der Waals surface area contributed by atoms with Gasteiger partial charge in [0.25, 0.3) is 11.8 Å². The number of aromatic nitrogens is 3. The molecule has 0 saturated heterocycles. The predicted molar refractivity (Wildman–Crippen MR) is 57.2 cm³/mol. The molecule has 0 saturated carbocycles. The number of aryl methyl sites for hydroxylation is 1. The molecular formula is C10H12N4O3. The van der Waals surface area contributed by atoms with Gasteiger partial charge in [0.2, 0.25) is 0 Å². The van der Waals surface area contributed by atoms with Gasteiger partial charge < -0.3 is 14.6 Å². The first-order valence-electron chi connectivity index (χ1n) is 5.05. The highest BCUT2D eigenvalue weighted by Crippen LogP contribution is 2.09. The standard InChI is InChI=1S/C10H12N4O3/c1-7-4-10(14-17-7)16-6-9(15)11-5-8-2-3-12-13-8/h2-4H,5-6H2,1H3,(H,11,15)(H,12,13). The van der Waals surface area contributed by atoms with Crippen LogP contribution in [0.2, 0.25) is 0 Å². The maximum Gasteiger partial charge on any atom is 0.258 e. The number of H-pyrrole nitrogens is 1. The highest BCUT2D eigenvalue weighted by Gasteiger charge is 2.05. The van der Waals surface area contributed by atoms with Crippen molar-refractivity contribution in [3.63, 3.8) is 0 Å². The zero-order chi connectivity index (χ0) is 12.1. The van der Waals surface area contributed by atoms with E-state index in [1.54, 1.807) is 25.3 Å². The van der Waals surface area contributed by atoms with Crippen LogP contribution in [0.15, 0.2) is 22.9 Å². The van der Waals surface area contributed by atoms with Gasteiger partial charge in [0.1, 0.15) is 5.76 Å². The fourth-order valence-electron chi connectivity index (χ4n) is 1.18.